The molecule has 0 saturated heterocycles. The molecule has 0 unspecified atom stereocenters. The molecule has 0 aliphatic carbocycles. The van der Waals surface area contributed by atoms with Gasteiger partial charge in [-0.3, -0.25) is 0 Å². The first kappa shape index (κ1) is 10.3. The Morgan fingerprint density at radius 2 is 1.19 bits per heavy atom. The van der Waals surface area contributed by atoms with Crippen molar-refractivity contribution in [1.82, 2.24) is 0 Å². The largest absolute Gasteiger partial charge is 0.507 e. The Kier molecular flexibility index (Phi) is 2.41. The Morgan fingerprint density at radius 1 is 0.812 bits per heavy atom. The van der Waals surface area contributed by atoms with Crippen LogP contribution in [-0.2, 0) is 0 Å². The quantitative estimate of drug-likeness (QED) is 0.747. The maximum absolute atomic E-state index is 10.1. The first-order valence-corrected chi connectivity index (χ1v) is 4.92. The molecule has 0 fully saturated rings. The van der Waals surface area contributed by atoms with Crippen molar-refractivity contribution in [1.29, 1.82) is 0 Å². The van der Waals surface area contributed by atoms with Crippen molar-refractivity contribution in [3.8, 4) is 11.5 Å². The fourth-order valence-electron chi connectivity index (χ4n) is 1.85. The van der Waals surface area contributed by atoms with Gasteiger partial charge in [-0.25, -0.2) is 0 Å². The maximum Gasteiger partial charge on any atom is 0.131 e. The molecular weight excluding hydrogens is 200 g/mol. The van der Waals surface area contributed by atoms with E-state index >= 15 is 0 Å². The molecule has 0 bridgehead atoms. The number of hydrogen-bond donors (Lipinski definition) is 2. The molecule has 0 spiro atoms. The number of rotatable bonds is 2. The fraction of sp³-hybridized carbons (Fsp3) is 0. The lowest BCUT2D eigenvalue weighted by Gasteiger charge is -2.11. The molecule has 2 heteroatoms. The van der Waals surface area contributed by atoms with E-state index in [2.05, 4.69) is 13.2 Å². The standard InChI is InChI=1S/C14H12O2/c1-3-9-10(4-2)14(16)12-8-6-5-7-11(12)13(9)15/h3-8,15-16H,1-2H2. The summed E-state index contributed by atoms with van der Waals surface area (Å²) < 4.78 is 0. The van der Waals surface area contributed by atoms with Gasteiger partial charge in [0.2, 0.25) is 0 Å². The van der Waals surface area contributed by atoms with Crippen LogP contribution < -0.4 is 0 Å². The summed E-state index contributed by atoms with van der Waals surface area (Å²) in [5, 5.41) is 21.3. The van der Waals surface area contributed by atoms with Gasteiger partial charge in [-0.1, -0.05) is 49.6 Å². The van der Waals surface area contributed by atoms with Crippen LogP contribution in [0.3, 0.4) is 0 Å². The highest BCUT2D eigenvalue weighted by atomic mass is 16.3. The molecule has 0 amide bonds. The third-order valence-corrected chi connectivity index (χ3v) is 2.65. The zero-order valence-corrected chi connectivity index (χ0v) is 8.77. The summed E-state index contributed by atoms with van der Waals surface area (Å²) in [4.78, 5) is 0. The average Bonchev–Trinajstić information content (AvgIpc) is 2.33. The summed E-state index contributed by atoms with van der Waals surface area (Å²) in [6.45, 7) is 7.26. The van der Waals surface area contributed by atoms with E-state index in [4.69, 9.17) is 0 Å². The summed E-state index contributed by atoms with van der Waals surface area (Å²) in [5.41, 5.74) is 1.01. The molecule has 2 aromatic carbocycles. The predicted molar refractivity (Wildman–Crippen MR) is 67.5 cm³/mol. The lowest BCUT2D eigenvalue weighted by atomic mass is 9.98. The minimum Gasteiger partial charge on any atom is -0.507 e. The van der Waals surface area contributed by atoms with E-state index in [1.807, 2.05) is 12.1 Å². The number of hydrogen-bond acceptors (Lipinski definition) is 2. The lowest BCUT2D eigenvalue weighted by Crippen LogP contribution is -1.86. The molecule has 0 aliphatic heterocycles. The summed E-state index contributed by atoms with van der Waals surface area (Å²) in [5.74, 6) is 0.247. The van der Waals surface area contributed by atoms with Gasteiger partial charge >= 0.3 is 0 Å². The van der Waals surface area contributed by atoms with Crippen molar-refractivity contribution in [2.24, 2.45) is 0 Å². The van der Waals surface area contributed by atoms with E-state index in [9.17, 15) is 10.2 Å². The van der Waals surface area contributed by atoms with E-state index < -0.39 is 0 Å². The molecule has 0 atom stereocenters. The van der Waals surface area contributed by atoms with Gasteiger partial charge in [-0.2, -0.15) is 0 Å². The van der Waals surface area contributed by atoms with Crippen molar-refractivity contribution in [2.45, 2.75) is 0 Å². The van der Waals surface area contributed by atoms with Gasteiger partial charge in [0, 0.05) is 21.9 Å². The smallest absolute Gasteiger partial charge is 0.131 e. The van der Waals surface area contributed by atoms with Gasteiger partial charge in [-0.05, 0) is 0 Å². The van der Waals surface area contributed by atoms with Crippen molar-refractivity contribution < 1.29 is 10.2 Å². The second kappa shape index (κ2) is 3.74. The van der Waals surface area contributed by atoms with Gasteiger partial charge in [0.05, 0.1) is 0 Å². The van der Waals surface area contributed by atoms with Gasteiger partial charge in [0.15, 0.2) is 0 Å². The van der Waals surface area contributed by atoms with Crippen LogP contribution in [0.15, 0.2) is 37.4 Å². The molecule has 0 aliphatic rings. The van der Waals surface area contributed by atoms with Crippen LogP contribution >= 0.6 is 0 Å². The Bertz CT molecular complexity index is 530. The van der Waals surface area contributed by atoms with E-state index in [1.165, 1.54) is 12.2 Å². The molecule has 0 saturated carbocycles. The van der Waals surface area contributed by atoms with Crippen molar-refractivity contribution in [2.75, 3.05) is 0 Å². The number of benzene rings is 2. The molecule has 2 nitrogen and oxygen atoms in total. The third-order valence-electron chi connectivity index (χ3n) is 2.65. The number of aromatic hydroxyl groups is 2. The van der Waals surface area contributed by atoms with E-state index in [1.54, 1.807) is 12.1 Å². The van der Waals surface area contributed by atoms with Crippen LogP contribution in [0.1, 0.15) is 11.1 Å². The van der Waals surface area contributed by atoms with Crippen molar-refractivity contribution in [3.63, 3.8) is 0 Å². The van der Waals surface area contributed by atoms with Crippen molar-refractivity contribution >= 4 is 22.9 Å². The molecule has 0 radical (unpaired) electrons. The molecule has 16 heavy (non-hydrogen) atoms. The van der Waals surface area contributed by atoms with Crippen LogP contribution in [0.5, 0.6) is 11.5 Å². The van der Waals surface area contributed by atoms with E-state index in [0.717, 1.165) is 0 Å². The molecule has 0 heterocycles. The molecular formula is C14H12O2. The summed E-state index contributed by atoms with van der Waals surface area (Å²) >= 11 is 0. The molecule has 2 N–H and O–H groups in total. The van der Waals surface area contributed by atoms with Crippen LogP contribution in [0.4, 0.5) is 0 Å². The first-order valence-electron chi connectivity index (χ1n) is 4.92. The second-order valence-corrected chi connectivity index (χ2v) is 3.48. The molecule has 0 aromatic heterocycles. The highest BCUT2D eigenvalue weighted by Gasteiger charge is 2.13. The van der Waals surface area contributed by atoms with Gasteiger partial charge < -0.3 is 10.2 Å². The van der Waals surface area contributed by atoms with Crippen LogP contribution in [0.2, 0.25) is 0 Å². The van der Waals surface area contributed by atoms with Crippen molar-refractivity contribution in [3.05, 3.63) is 48.6 Å². The van der Waals surface area contributed by atoms with Gasteiger partial charge in [-0.15, -0.1) is 0 Å². The number of phenols is 2. The summed E-state index contributed by atoms with van der Waals surface area (Å²) in [7, 11) is 0. The van der Waals surface area contributed by atoms with Crippen LogP contribution in [0, 0.1) is 0 Å². The zero-order valence-electron chi connectivity index (χ0n) is 8.77. The Morgan fingerprint density at radius 3 is 1.50 bits per heavy atom. The normalized spacial score (nSPS) is 10.2. The summed E-state index contributed by atoms with van der Waals surface area (Å²) in [6, 6.07) is 7.12. The Labute approximate surface area is 93.8 Å². The Balaban J connectivity index is 3.04. The number of phenolic OH excluding ortho intramolecular Hbond substituents is 2. The number of fused-ring (bicyclic) bond motifs is 1. The van der Waals surface area contributed by atoms with Crippen LogP contribution in [0.25, 0.3) is 22.9 Å². The molecule has 2 rings (SSSR count). The minimum atomic E-state index is 0.123. The Hall–Kier alpha value is -2.22. The minimum absolute atomic E-state index is 0.123. The molecule has 80 valence electrons. The summed E-state index contributed by atoms with van der Waals surface area (Å²) in [6.07, 6.45) is 3.02. The average molecular weight is 212 g/mol. The first-order chi connectivity index (χ1) is 7.70. The zero-order chi connectivity index (χ0) is 11.7. The second-order valence-electron chi connectivity index (χ2n) is 3.48. The van der Waals surface area contributed by atoms with Gasteiger partial charge in [0.1, 0.15) is 11.5 Å². The van der Waals surface area contributed by atoms with Gasteiger partial charge in [0.25, 0.3) is 0 Å². The highest BCUT2D eigenvalue weighted by Crippen LogP contribution is 2.40. The topological polar surface area (TPSA) is 40.5 Å². The van der Waals surface area contributed by atoms with E-state index in [-0.39, 0.29) is 11.5 Å². The molecule has 2 aromatic rings. The monoisotopic (exact) mass is 212 g/mol. The highest BCUT2D eigenvalue weighted by molar-refractivity contribution is 5.99. The third kappa shape index (κ3) is 1.27. The maximum atomic E-state index is 10.1. The van der Waals surface area contributed by atoms with E-state index in [0.29, 0.717) is 21.9 Å². The lowest BCUT2D eigenvalue weighted by molar-refractivity contribution is 0.467. The SMILES string of the molecule is C=Cc1c(C=C)c(O)c2ccccc2c1O. The fourth-order valence-corrected chi connectivity index (χ4v) is 1.85. The van der Waals surface area contributed by atoms with Crippen LogP contribution in [-0.4, -0.2) is 10.2 Å². The predicted octanol–water partition coefficient (Wildman–Crippen LogP) is 3.54.